The fourth-order valence-electron chi connectivity index (χ4n) is 3.45. The standard InChI is InChI=1S/C23H28N4O3S/c1-6-7-8-16-12-24-21-19(22(29)27(5)23(30)26(21)4)20(16)31-13-18(28)25-17-11-14(2)9-10-15(17)3/h9-12H,6-8,13H2,1-5H3,(H,25,28). The molecule has 164 valence electrons. The number of hydrogen-bond acceptors (Lipinski definition) is 5. The van der Waals surface area contributed by atoms with Crippen molar-refractivity contribution in [3.8, 4) is 0 Å². The first-order valence-corrected chi connectivity index (χ1v) is 11.3. The molecule has 0 bridgehead atoms. The summed E-state index contributed by atoms with van der Waals surface area (Å²) in [5.74, 6) is 0.00388. The van der Waals surface area contributed by atoms with Gasteiger partial charge in [0.05, 0.1) is 11.1 Å². The summed E-state index contributed by atoms with van der Waals surface area (Å²) in [6.07, 6.45) is 4.43. The molecule has 0 fully saturated rings. The van der Waals surface area contributed by atoms with Gasteiger partial charge in [-0.2, -0.15) is 0 Å². The van der Waals surface area contributed by atoms with Gasteiger partial charge in [-0.05, 0) is 49.4 Å². The average Bonchev–Trinajstić information content (AvgIpc) is 2.75. The first-order chi connectivity index (χ1) is 14.7. The van der Waals surface area contributed by atoms with Gasteiger partial charge in [0.25, 0.3) is 5.56 Å². The molecule has 0 spiro atoms. The van der Waals surface area contributed by atoms with Gasteiger partial charge in [0, 0.05) is 30.9 Å². The van der Waals surface area contributed by atoms with Crippen molar-refractivity contribution < 1.29 is 4.79 Å². The maximum absolute atomic E-state index is 13.0. The summed E-state index contributed by atoms with van der Waals surface area (Å²) < 4.78 is 2.47. The molecule has 7 nitrogen and oxygen atoms in total. The summed E-state index contributed by atoms with van der Waals surface area (Å²) in [5, 5.41) is 3.36. The number of benzene rings is 1. The second kappa shape index (κ2) is 9.51. The van der Waals surface area contributed by atoms with Crippen molar-refractivity contribution in [2.75, 3.05) is 11.1 Å². The minimum atomic E-state index is -0.421. The molecule has 0 aliphatic carbocycles. The molecule has 1 amide bonds. The topological polar surface area (TPSA) is 86.0 Å². The third kappa shape index (κ3) is 4.74. The van der Waals surface area contributed by atoms with Crippen LogP contribution >= 0.6 is 11.8 Å². The number of thioether (sulfide) groups is 1. The Morgan fingerprint density at radius 1 is 1.16 bits per heavy atom. The van der Waals surface area contributed by atoms with Crippen LogP contribution in [0.1, 0.15) is 36.5 Å². The minimum Gasteiger partial charge on any atom is -0.325 e. The number of aromatic nitrogens is 3. The molecule has 8 heteroatoms. The number of anilines is 1. The Labute approximate surface area is 185 Å². The van der Waals surface area contributed by atoms with E-state index in [1.54, 1.807) is 13.2 Å². The molecular weight excluding hydrogens is 412 g/mol. The third-order valence-electron chi connectivity index (χ3n) is 5.31. The van der Waals surface area contributed by atoms with E-state index < -0.39 is 5.69 Å². The van der Waals surface area contributed by atoms with E-state index in [1.165, 1.54) is 23.4 Å². The van der Waals surface area contributed by atoms with E-state index in [0.29, 0.717) is 11.0 Å². The van der Waals surface area contributed by atoms with Gasteiger partial charge in [0.2, 0.25) is 5.91 Å². The van der Waals surface area contributed by atoms with Crippen molar-refractivity contribution in [2.45, 2.75) is 44.9 Å². The maximum Gasteiger partial charge on any atom is 0.332 e. The van der Waals surface area contributed by atoms with Crippen LogP contribution in [0.3, 0.4) is 0 Å². The number of unbranched alkanes of at least 4 members (excludes halogenated alkanes) is 1. The Morgan fingerprint density at radius 2 is 1.90 bits per heavy atom. The number of nitrogens with zero attached hydrogens (tertiary/aromatic N) is 3. The Balaban J connectivity index is 1.99. The summed E-state index contributed by atoms with van der Waals surface area (Å²) in [7, 11) is 3.06. The van der Waals surface area contributed by atoms with Crippen molar-refractivity contribution in [1.29, 1.82) is 0 Å². The molecule has 31 heavy (non-hydrogen) atoms. The normalized spacial score (nSPS) is 11.1. The van der Waals surface area contributed by atoms with Crippen LogP contribution in [-0.4, -0.2) is 25.8 Å². The van der Waals surface area contributed by atoms with Crippen molar-refractivity contribution in [1.82, 2.24) is 14.1 Å². The quantitative estimate of drug-likeness (QED) is 0.570. The number of pyridine rings is 1. The monoisotopic (exact) mass is 440 g/mol. The van der Waals surface area contributed by atoms with Gasteiger partial charge in [-0.25, -0.2) is 9.78 Å². The Kier molecular flexibility index (Phi) is 7.00. The van der Waals surface area contributed by atoms with Gasteiger partial charge >= 0.3 is 5.69 Å². The van der Waals surface area contributed by atoms with E-state index in [-0.39, 0.29) is 17.2 Å². The smallest absolute Gasteiger partial charge is 0.325 e. The number of carbonyl (C=O) groups excluding carboxylic acids is 1. The zero-order chi connectivity index (χ0) is 22.7. The molecule has 1 aromatic carbocycles. The van der Waals surface area contributed by atoms with Crippen LogP contribution in [-0.2, 0) is 25.3 Å². The van der Waals surface area contributed by atoms with Gasteiger partial charge < -0.3 is 5.32 Å². The van der Waals surface area contributed by atoms with E-state index in [1.807, 2.05) is 32.0 Å². The van der Waals surface area contributed by atoms with E-state index in [9.17, 15) is 14.4 Å². The summed E-state index contributed by atoms with van der Waals surface area (Å²) in [6.45, 7) is 6.03. The van der Waals surface area contributed by atoms with Crippen LogP contribution in [0.25, 0.3) is 11.0 Å². The van der Waals surface area contributed by atoms with Gasteiger partial charge in [-0.15, -0.1) is 11.8 Å². The summed E-state index contributed by atoms with van der Waals surface area (Å²) >= 11 is 1.32. The average molecular weight is 441 g/mol. The maximum atomic E-state index is 13.0. The van der Waals surface area contributed by atoms with Crippen LogP contribution in [0.5, 0.6) is 0 Å². The lowest BCUT2D eigenvalue weighted by Gasteiger charge is -2.15. The van der Waals surface area contributed by atoms with Crippen LogP contribution in [0.4, 0.5) is 5.69 Å². The van der Waals surface area contributed by atoms with Crippen molar-refractivity contribution in [3.63, 3.8) is 0 Å². The predicted octanol–water partition coefficient (Wildman–Crippen LogP) is 3.32. The highest BCUT2D eigenvalue weighted by molar-refractivity contribution is 8.00. The lowest BCUT2D eigenvalue weighted by molar-refractivity contribution is -0.113. The highest BCUT2D eigenvalue weighted by Crippen LogP contribution is 2.29. The number of aryl methyl sites for hydroxylation is 4. The number of amides is 1. The van der Waals surface area contributed by atoms with Crippen LogP contribution in [0, 0.1) is 13.8 Å². The second-order valence-corrected chi connectivity index (χ2v) is 8.76. The van der Waals surface area contributed by atoms with E-state index in [0.717, 1.165) is 51.1 Å². The van der Waals surface area contributed by atoms with Crippen LogP contribution in [0.15, 0.2) is 38.9 Å². The molecule has 0 aliphatic heterocycles. The lowest BCUT2D eigenvalue weighted by Crippen LogP contribution is -2.37. The molecule has 2 aromatic heterocycles. The number of carbonyl (C=O) groups is 1. The lowest BCUT2D eigenvalue weighted by atomic mass is 10.1. The zero-order valence-electron chi connectivity index (χ0n) is 18.6. The van der Waals surface area contributed by atoms with Crippen LogP contribution < -0.4 is 16.6 Å². The SMILES string of the molecule is CCCCc1cnc2c(c1SCC(=O)Nc1cc(C)ccc1C)c(=O)n(C)c(=O)n2C. The van der Waals surface area contributed by atoms with Gasteiger partial charge in [-0.1, -0.05) is 25.5 Å². The number of rotatable bonds is 7. The molecule has 0 saturated heterocycles. The molecule has 0 saturated carbocycles. The van der Waals surface area contributed by atoms with E-state index in [2.05, 4.69) is 17.2 Å². The molecule has 3 aromatic rings. The predicted molar refractivity (Wildman–Crippen MR) is 126 cm³/mol. The third-order valence-corrected chi connectivity index (χ3v) is 6.47. The Morgan fingerprint density at radius 3 is 2.61 bits per heavy atom. The van der Waals surface area contributed by atoms with E-state index in [4.69, 9.17) is 0 Å². The van der Waals surface area contributed by atoms with Crippen LogP contribution in [0.2, 0.25) is 0 Å². The Bertz CT molecular complexity index is 1260. The summed E-state index contributed by atoms with van der Waals surface area (Å²) in [6, 6.07) is 5.92. The molecule has 0 aliphatic rings. The summed E-state index contributed by atoms with van der Waals surface area (Å²) in [4.78, 5) is 43.1. The summed E-state index contributed by atoms with van der Waals surface area (Å²) in [5.41, 5.74) is 3.30. The molecular formula is C23H28N4O3S. The second-order valence-electron chi connectivity index (χ2n) is 7.78. The number of hydrogen-bond donors (Lipinski definition) is 1. The fraction of sp³-hybridized carbons (Fsp3) is 0.391. The van der Waals surface area contributed by atoms with Crippen molar-refractivity contribution >= 4 is 34.4 Å². The van der Waals surface area contributed by atoms with Gasteiger partial charge in [0.15, 0.2) is 0 Å². The number of nitrogens with one attached hydrogen (secondary N) is 1. The van der Waals surface area contributed by atoms with Gasteiger partial charge in [-0.3, -0.25) is 18.7 Å². The first kappa shape index (κ1) is 22.8. The Hall–Kier alpha value is -2.87. The fourth-order valence-corrected chi connectivity index (χ4v) is 4.46. The highest BCUT2D eigenvalue weighted by atomic mass is 32.2. The molecule has 1 N–H and O–H groups in total. The molecule has 0 atom stereocenters. The van der Waals surface area contributed by atoms with Gasteiger partial charge in [0.1, 0.15) is 5.65 Å². The minimum absolute atomic E-state index is 0.147. The van der Waals surface area contributed by atoms with Crippen molar-refractivity contribution in [3.05, 3.63) is 61.9 Å². The molecule has 0 radical (unpaired) electrons. The zero-order valence-corrected chi connectivity index (χ0v) is 19.4. The first-order valence-electron chi connectivity index (χ1n) is 10.3. The molecule has 0 unspecified atom stereocenters. The van der Waals surface area contributed by atoms with E-state index >= 15 is 0 Å². The largest absolute Gasteiger partial charge is 0.332 e. The highest BCUT2D eigenvalue weighted by Gasteiger charge is 2.18. The van der Waals surface area contributed by atoms with Crippen molar-refractivity contribution in [2.24, 2.45) is 14.1 Å². The number of fused-ring (bicyclic) bond motifs is 1. The molecule has 2 heterocycles. The molecule has 3 rings (SSSR count).